The van der Waals surface area contributed by atoms with Crippen LogP contribution >= 0.6 is 0 Å². The van der Waals surface area contributed by atoms with Crippen LogP contribution in [0.4, 0.5) is 0 Å². The Bertz CT molecular complexity index is 535. The first-order valence-electron chi connectivity index (χ1n) is 7.71. The number of aromatic nitrogens is 2. The highest BCUT2D eigenvalue weighted by Crippen LogP contribution is 2.15. The van der Waals surface area contributed by atoms with Crippen molar-refractivity contribution in [1.82, 2.24) is 15.1 Å². The van der Waals surface area contributed by atoms with Crippen LogP contribution < -0.4 is 5.32 Å². The summed E-state index contributed by atoms with van der Waals surface area (Å²) in [6.45, 7) is 8.18. The summed E-state index contributed by atoms with van der Waals surface area (Å²) in [5.74, 6) is -0.494. The molecule has 6 heteroatoms. The maximum atomic E-state index is 12.3. The molecule has 0 fully saturated rings. The molecule has 6 nitrogen and oxygen atoms in total. The number of nitrogens with one attached hydrogen (secondary N) is 1. The minimum absolute atomic E-state index is 0.0853. The minimum atomic E-state index is -0.606. The van der Waals surface area contributed by atoms with E-state index in [2.05, 4.69) is 24.3 Å². The smallest absolute Gasteiger partial charge is 0.292 e. The van der Waals surface area contributed by atoms with Gasteiger partial charge in [0.2, 0.25) is 0 Å². The van der Waals surface area contributed by atoms with Crippen LogP contribution in [0.3, 0.4) is 0 Å². The minimum Gasteiger partial charge on any atom is -0.396 e. The fourth-order valence-electron chi connectivity index (χ4n) is 2.69. The van der Waals surface area contributed by atoms with E-state index in [1.54, 1.807) is 25.6 Å². The molecule has 0 saturated heterocycles. The van der Waals surface area contributed by atoms with Gasteiger partial charge in [0.15, 0.2) is 0 Å². The number of aliphatic hydroxyl groups excluding tert-OH is 1. The summed E-state index contributed by atoms with van der Waals surface area (Å²) in [6.07, 6.45) is 1.53. The summed E-state index contributed by atoms with van der Waals surface area (Å²) in [4.78, 5) is 24.4. The summed E-state index contributed by atoms with van der Waals surface area (Å²) in [7, 11) is 1.75. The number of amides is 1. The first-order valence-corrected chi connectivity index (χ1v) is 7.71. The standard InChI is InChI=1S/C16H27N3O3/c1-10(2)8-13(6-7-20)9-17-16(22)15(21)14-11(3)18-19(5)12(14)4/h10,13,20H,6-9H2,1-5H3,(H,17,22). The molecule has 0 radical (unpaired) electrons. The van der Waals surface area contributed by atoms with Crippen molar-refractivity contribution in [2.24, 2.45) is 18.9 Å². The second kappa shape index (κ2) is 8.08. The summed E-state index contributed by atoms with van der Waals surface area (Å²) in [5.41, 5.74) is 1.63. The molecule has 2 N–H and O–H groups in total. The van der Waals surface area contributed by atoms with Crippen molar-refractivity contribution in [3.63, 3.8) is 0 Å². The van der Waals surface area contributed by atoms with E-state index in [4.69, 9.17) is 5.11 Å². The van der Waals surface area contributed by atoms with Gasteiger partial charge in [-0.25, -0.2) is 0 Å². The van der Waals surface area contributed by atoms with Crippen LogP contribution in [0.1, 0.15) is 48.4 Å². The number of carbonyl (C=O) groups excluding carboxylic acids is 2. The van der Waals surface area contributed by atoms with Gasteiger partial charge in [-0.15, -0.1) is 0 Å². The Morgan fingerprint density at radius 2 is 1.95 bits per heavy atom. The Morgan fingerprint density at radius 3 is 2.41 bits per heavy atom. The highest BCUT2D eigenvalue weighted by atomic mass is 16.3. The Hall–Kier alpha value is -1.69. The fourth-order valence-corrected chi connectivity index (χ4v) is 2.69. The number of aliphatic hydroxyl groups is 1. The van der Waals surface area contributed by atoms with Gasteiger partial charge in [-0.3, -0.25) is 14.3 Å². The second-order valence-corrected chi connectivity index (χ2v) is 6.22. The van der Waals surface area contributed by atoms with Gasteiger partial charge in [0.1, 0.15) is 0 Å². The third-order valence-electron chi connectivity index (χ3n) is 3.84. The maximum Gasteiger partial charge on any atom is 0.292 e. The molecule has 0 bridgehead atoms. The number of aryl methyl sites for hydroxylation is 2. The topological polar surface area (TPSA) is 84.2 Å². The molecule has 0 aliphatic rings. The number of hydrogen-bond acceptors (Lipinski definition) is 4. The zero-order valence-corrected chi connectivity index (χ0v) is 14.1. The second-order valence-electron chi connectivity index (χ2n) is 6.22. The van der Waals surface area contributed by atoms with E-state index in [0.29, 0.717) is 35.8 Å². The molecule has 1 atom stereocenters. The lowest BCUT2D eigenvalue weighted by atomic mass is 9.94. The fraction of sp³-hybridized carbons (Fsp3) is 0.688. The van der Waals surface area contributed by atoms with Gasteiger partial charge in [-0.1, -0.05) is 13.8 Å². The third-order valence-corrected chi connectivity index (χ3v) is 3.84. The molecule has 1 unspecified atom stereocenters. The lowest BCUT2D eigenvalue weighted by Gasteiger charge is -2.18. The Morgan fingerprint density at radius 1 is 1.32 bits per heavy atom. The molecule has 124 valence electrons. The average Bonchev–Trinajstić information content (AvgIpc) is 2.68. The average molecular weight is 309 g/mol. The molecule has 0 aliphatic carbocycles. The van der Waals surface area contributed by atoms with Gasteiger partial charge in [-0.05, 0) is 38.5 Å². The van der Waals surface area contributed by atoms with Crippen molar-refractivity contribution in [2.75, 3.05) is 13.2 Å². The van der Waals surface area contributed by atoms with Gasteiger partial charge in [-0.2, -0.15) is 5.10 Å². The molecule has 0 spiro atoms. The summed E-state index contributed by atoms with van der Waals surface area (Å²) >= 11 is 0. The van der Waals surface area contributed by atoms with E-state index in [9.17, 15) is 9.59 Å². The van der Waals surface area contributed by atoms with Crippen molar-refractivity contribution >= 4 is 11.7 Å². The summed E-state index contributed by atoms with van der Waals surface area (Å²) in [6, 6.07) is 0. The molecule has 0 saturated carbocycles. The van der Waals surface area contributed by atoms with E-state index in [1.165, 1.54) is 0 Å². The van der Waals surface area contributed by atoms with Crippen LogP contribution in [0.25, 0.3) is 0 Å². The molecule has 1 heterocycles. The van der Waals surface area contributed by atoms with Gasteiger partial charge < -0.3 is 10.4 Å². The van der Waals surface area contributed by atoms with E-state index in [-0.39, 0.29) is 12.5 Å². The molecule has 0 aromatic carbocycles. The highest BCUT2D eigenvalue weighted by Gasteiger charge is 2.24. The molecule has 22 heavy (non-hydrogen) atoms. The maximum absolute atomic E-state index is 12.3. The normalized spacial score (nSPS) is 12.5. The van der Waals surface area contributed by atoms with Crippen LogP contribution in [-0.2, 0) is 11.8 Å². The summed E-state index contributed by atoms with van der Waals surface area (Å²) in [5, 5.41) is 15.9. The zero-order valence-electron chi connectivity index (χ0n) is 14.1. The molecule has 0 aliphatic heterocycles. The Kier molecular flexibility index (Phi) is 6.74. The SMILES string of the molecule is Cc1nn(C)c(C)c1C(=O)C(=O)NCC(CCO)CC(C)C. The van der Waals surface area contributed by atoms with Crippen LogP contribution in [-0.4, -0.2) is 39.7 Å². The predicted molar refractivity (Wildman–Crippen MR) is 84.7 cm³/mol. The molecule has 1 amide bonds. The molecule has 1 rings (SSSR count). The number of ketones is 1. The predicted octanol–water partition coefficient (Wildman–Crippen LogP) is 1.38. The van der Waals surface area contributed by atoms with Crippen molar-refractivity contribution in [3.05, 3.63) is 17.0 Å². The number of Topliss-reactive ketones (excluding diaryl/α,β-unsaturated/α-hetero) is 1. The van der Waals surface area contributed by atoms with Gasteiger partial charge >= 0.3 is 0 Å². The zero-order chi connectivity index (χ0) is 16.9. The molecular formula is C16H27N3O3. The lowest BCUT2D eigenvalue weighted by molar-refractivity contribution is -0.117. The number of carbonyl (C=O) groups is 2. The lowest BCUT2D eigenvalue weighted by Crippen LogP contribution is -2.35. The third kappa shape index (κ3) is 4.66. The Labute approximate surface area is 131 Å². The van der Waals surface area contributed by atoms with Crippen molar-refractivity contribution in [3.8, 4) is 0 Å². The first kappa shape index (κ1) is 18.4. The van der Waals surface area contributed by atoms with Gasteiger partial charge in [0, 0.05) is 25.9 Å². The Balaban J connectivity index is 2.69. The first-order chi connectivity index (χ1) is 10.3. The van der Waals surface area contributed by atoms with Gasteiger partial charge in [0.25, 0.3) is 11.7 Å². The largest absolute Gasteiger partial charge is 0.396 e. The molecular weight excluding hydrogens is 282 g/mol. The van der Waals surface area contributed by atoms with E-state index >= 15 is 0 Å². The monoisotopic (exact) mass is 309 g/mol. The van der Waals surface area contributed by atoms with Crippen LogP contribution in [0.15, 0.2) is 0 Å². The number of rotatable bonds is 8. The number of nitrogens with zero attached hydrogens (tertiary/aromatic N) is 2. The van der Waals surface area contributed by atoms with E-state index in [0.717, 1.165) is 6.42 Å². The van der Waals surface area contributed by atoms with Crippen molar-refractivity contribution < 1.29 is 14.7 Å². The van der Waals surface area contributed by atoms with Gasteiger partial charge in [0.05, 0.1) is 11.3 Å². The number of hydrogen-bond donors (Lipinski definition) is 2. The van der Waals surface area contributed by atoms with Crippen molar-refractivity contribution in [1.29, 1.82) is 0 Å². The van der Waals surface area contributed by atoms with Crippen LogP contribution in [0.5, 0.6) is 0 Å². The highest BCUT2D eigenvalue weighted by molar-refractivity contribution is 6.43. The quantitative estimate of drug-likeness (QED) is 0.561. The summed E-state index contributed by atoms with van der Waals surface area (Å²) < 4.78 is 1.60. The van der Waals surface area contributed by atoms with Crippen molar-refractivity contribution in [2.45, 2.75) is 40.5 Å². The molecule has 1 aromatic heterocycles. The van der Waals surface area contributed by atoms with Crippen LogP contribution in [0.2, 0.25) is 0 Å². The van der Waals surface area contributed by atoms with E-state index < -0.39 is 11.7 Å². The van der Waals surface area contributed by atoms with E-state index in [1.807, 2.05) is 0 Å². The molecule has 1 aromatic rings. The van der Waals surface area contributed by atoms with Crippen LogP contribution in [0, 0.1) is 25.7 Å².